The first-order valence-electron chi connectivity index (χ1n) is 9.85. The molecule has 3 heterocycles. The van der Waals surface area contributed by atoms with E-state index in [9.17, 15) is 14.4 Å². The third-order valence-corrected chi connectivity index (χ3v) is 5.27. The summed E-state index contributed by atoms with van der Waals surface area (Å²) >= 11 is 0. The zero-order chi connectivity index (χ0) is 21.6. The van der Waals surface area contributed by atoms with E-state index in [1.165, 1.54) is 6.07 Å². The number of benzene rings is 1. The minimum absolute atomic E-state index is 0.104. The molecule has 0 saturated heterocycles. The van der Waals surface area contributed by atoms with Gasteiger partial charge in [0.2, 0.25) is 0 Å². The van der Waals surface area contributed by atoms with E-state index in [2.05, 4.69) is 0 Å². The van der Waals surface area contributed by atoms with Gasteiger partial charge in [-0.3, -0.25) is 9.59 Å². The lowest BCUT2D eigenvalue weighted by Crippen LogP contribution is -2.33. The van der Waals surface area contributed by atoms with Gasteiger partial charge in [-0.1, -0.05) is 13.8 Å². The summed E-state index contributed by atoms with van der Waals surface area (Å²) in [6.07, 6.45) is -0.104. The van der Waals surface area contributed by atoms with Crippen molar-refractivity contribution in [1.82, 2.24) is 4.57 Å². The van der Waals surface area contributed by atoms with Crippen LogP contribution in [0.5, 0.6) is 11.5 Å². The summed E-state index contributed by atoms with van der Waals surface area (Å²) in [5.41, 5.74) is 0.518. The summed E-state index contributed by atoms with van der Waals surface area (Å²) < 4.78 is 17.6. The quantitative estimate of drug-likeness (QED) is 0.614. The molecular formula is C23H23NO6. The third-order valence-electron chi connectivity index (χ3n) is 5.27. The number of carbonyl (C=O) groups is 1. The number of ether oxygens (including phenoxy) is 2. The number of aromatic nitrogens is 1. The summed E-state index contributed by atoms with van der Waals surface area (Å²) in [5, 5.41) is 0.793. The smallest absolute Gasteiger partial charge is 0.343 e. The van der Waals surface area contributed by atoms with Crippen LogP contribution in [0.15, 0.2) is 44.3 Å². The first kappa shape index (κ1) is 19.9. The zero-order valence-electron chi connectivity index (χ0n) is 17.4. The van der Waals surface area contributed by atoms with Gasteiger partial charge in [0.05, 0.1) is 24.6 Å². The fourth-order valence-corrected chi connectivity index (χ4v) is 4.00. The first-order valence-corrected chi connectivity index (χ1v) is 9.85. The molecule has 1 atom stereocenters. The number of fused-ring (bicyclic) bond motifs is 2. The van der Waals surface area contributed by atoms with Gasteiger partial charge in [0.15, 0.2) is 0 Å². The van der Waals surface area contributed by atoms with E-state index in [0.717, 1.165) is 10.9 Å². The van der Waals surface area contributed by atoms with E-state index in [-0.39, 0.29) is 29.2 Å². The summed E-state index contributed by atoms with van der Waals surface area (Å²) in [6.45, 7) is 6.16. The van der Waals surface area contributed by atoms with E-state index >= 15 is 0 Å². The van der Waals surface area contributed by atoms with Gasteiger partial charge in [-0.15, -0.1) is 0 Å². The van der Waals surface area contributed by atoms with Gasteiger partial charge < -0.3 is 18.5 Å². The van der Waals surface area contributed by atoms with Gasteiger partial charge in [0.25, 0.3) is 5.56 Å². The van der Waals surface area contributed by atoms with Crippen molar-refractivity contribution in [2.75, 3.05) is 7.11 Å². The Hall–Kier alpha value is -3.35. The Morgan fingerprint density at radius 1 is 1.17 bits per heavy atom. The first-order chi connectivity index (χ1) is 14.3. The van der Waals surface area contributed by atoms with Crippen molar-refractivity contribution < 1.29 is 18.7 Å². The number of hydrogen-bond acceptors (Lipinski definition) is 6. The lowest BCUT2D eigenvalue weighted by Gasteiger charge is -2.24. The predicted octanol–water partition coefficient (Wildman–Crippen LogP) is 3.37. The number of aryl methyl sites for hydroxylation is 1. The molecule has 0 aliphatic carbocycles. The molecule has 0 fully saturated rings. The van der Waals surface area contributed by atoms with Crippen LogP contribution < -0.4 is 20.7 Å². The van der Waals surface area contributed by atoms with Crippen molar-refractivity contribution >= 4 is 16.9 Å². The molecule has 0 bridgehead atoms. The van der Waals surface area contributed by atoms with Crippen molar-refractivity contribution in [1.29, 1.82) is 0 Å². The van der Waals surface area contributed by atoms with E-state index in [0.29, 0.717) is 23.6 Å². The van der Waals surface area contributed by atoms with Crippen molar-refractivity contribution in [3.8, 4) is 11.5 Å². The van der Waals surface area contributed by atoms with E-state index in [4.69, 9.17) is 13.9 Å². The lowest BCUT2D eigenvalue weighted by atomic mass is 9.87. The molecule has 1 aromatic carbocycles. The van der Waals surface area contributed by atoms with Crippen molar-refractivity contribution in [3.63, 3.8) is 0 Å². The highest BCUT2D eigenvalue weighted by atomic mass is 16.5. The Morgan fingerprint density at radius 3 is 2.63 bits per heavy atom. The minimum atomic E-state index is -0.736. The molecular weight excluding hydrogens is 386 g/mol. The molecule has 7 heteroatoms. The van der Waals surface area contributed by atoms with Crippen LogP contribution in [0.25, 0.3) is 10.9 Å². The number of methoxy groups -OCH3 is 1. The molecule has 0 radical (unpaired) electrons. The molecule has 0 spiro atoms. The molecule has 1 aliphatic rings. The fourth-order valence-electron chi connectivity index (χ4n) is 4.00. The molecule has 30 heavy (non-hydrogen) atoms. The third kappa shape index (κ3) is 3.40. The molecule has 3 aromatic rings. The van der Waals surface area contributed by atoms with E-state index in [1.54, 1.807) is 24.7 Å². The Balaban J connectivity index is 2.02. The monoisotopic (exact) mass is 409 g/mol. The second-order valence-electron chi connectivity index (χ2n) is 7.99. The van der Waals surface area contributed by atoms with Crippen molar-refractivity contribution in [3.05, 3.63) is 68.0 Å². The second kappa shape index (κ2) is 7.48. The standard InChI is InChI=1S/C23H23NO6/c1-12(2)11-24-18-6-5-15(28-4)8-14(18)9-17(22(24)26)16-10-20(25)30-19-7-13(3)29-23(27)21(16)19/h5-9,12,16H,10-11H2,1-4H3/t16-/m0/s1. The average Bonchev–Trinajstić information content (AvgIpc) is 2.68. The normalized spacial score (nSPS) is 15.9. The molecule has 156 valence electrons. The summed E-state index contributed by atoms with van der Waals surface area (Å²) in [6, 6.07) is 8.75. The number of pyridine rings is 1. The maximum Gasteiger partial charge on any atom is 0.343 e. The fraction of sp³-hybridized carbons (Fsp3) is 0.348. The number of carbonyl (C=O) groups excluding carboxylic acids is 1. The van der Waals surface area contributed by atoms with E-state index < -0.39 is 17.5 Å². The van der Waals surface area contributed by atoms with Crippen LogP contribution in [0, 0.1) is 12.8 Å². The summed E-state index contributed by atoms with van der Waals surface area (Å²) in [4.78, 5) is 38.4. The van der Waals surface area contributed by atoms with Crippen LogP contribution in [-0.4, -0.2) is 17.6 Å². The SMILES string of the molecule is COc1ccc2c(c1)cc([C@@H]1CC(=O)Oc3cc(C)oc(=O)c31)c(=O)n2CC(C)C. The Kier molecular flexibility index (Phi) is 4.97. The maximum absolute atomic E-state index is 13.5. The lowest BCUT2D eigenvalue weighted by molar-refractivity contribution is -0.135. The molecule has 7 nitrogen and oxygen atoms in total. The molecule has 4 rings (SSSR count). The van der Waals surface area contributed by atoms with Crippen LogP contribution in [0.1, 0.15) is 43.1 Å². The van der Waals surface area contributed by atoms with Crippen LogP contribution in [0.4, 0.5) is 0 Å². The molecule has 0 N–H and O–H groups in total. The van der Waals surface area contributed by atoms with Crippen LogP contribution in [0.3, 0.4) is 0 Å². The highest BCUT2D eigenvalue weighted by Crippen LogP contribution is 2.37. The molecule has 0 amide bonds. The maximum atomic E-state index is 13.5. The van der Waals surface area contributed by atoms with Gasteiger partial charge in [-0.2, -0.15) is 0 Å². The highest BCUT2D eigenvalue weighted by Gasteiger charge is 2.34. The zero-order valence-corrected chi connectivity index (χ0v) is 17.4. The molecule has 2 aromatic heterocycles. The highest BCUT2D eigenvalue weighted by molar-refractivity contribution is 5.83. The van der Waals surface area contributed by atoms with Crippen LogP contribution in [0.2, 0.25) is 0 Å². The number of esters is 1. The Labute approximate surface area is 172 Å². The predicted molar refractivity (Wildman–Crippen MR) is 111 cm³/mol. The Morgan fingerprint density at radius 2 is 1.93 bits per heavy atom. The number of rotatable bonds is 4. The summed E-state index contributed by atoms with van der Waals surface area (Å²) in [7, 11) is 1.58. The molecule has 1 aliphatic heterocycles. The largest absolute Gasteiger partial charge is 0.497 e. The van der Waals surface area contributed by atoms with Gasteiger partial charge in [-0.05, 0) is 37.1 Å². The number of nitrogens with zero attached hydrogens (tertiary/aromatic N) is 1. The van der Waals surface area contributed by atoms with Crippen molar-refractivity contribution in [2.24, 2.45) is 5.92 Å². The number of hydrogen-bond donors (Lipinski definition) is 0. The van der Waals surface area contributed by atoms with Crippen LogP contribution >= 0.6 is 0 Å². The molecule has 0 saturated carbocycles. The van der Waals surface area contributed by atoms with Gasteiger partial charge in [-0.25, -0.2) is 4.79 Å². The average molecular weight is 409 g/mol. The Bertz CT molecular complexity index is 1270. The van der Waals surface area contributed by atoms with Gasteiger partial charge in [0, 0.05) is 29.5 Å². The molecule has 0 unspecified atom stereocenters. The van der Waals surface area contributed by atoms with E-state index in [1.807, 2.05) is 32.0 Å². The summed E-state index contributed by atoms with van der Waals surface area (Å²) in [5.74, 6) is 0.150. The minimum Gasteiger partial charge on any atom is -0.497 e. The van der Waals surface area contributed by atoms with Crippen molar-refractivity contribution in [2.45, 2.75) is 39.7 Å². The van der Waals surface area contributed by atoms with Gasteiger partial charge >= 0.3 is 11.6 Å². The topological polar surface area (TPSA) is 87.7 Å². The van der Waals surface area contributed by atoms with Gasteiger partial charge in [0.1, 0.15) is 17.3 Å². The van der Waals surface area contributed by atoms with Crippen LogP contribution in [-0.2, 0) is 11.3 Å². The second-order valence-corrected chi connectivity index (χ2v) is 7.99.